The van der Waals surface area contributed by atoms with E-state index in [1.165, 1.54) is 93.6 Å². The third-order valence-corrected chi connectivity index (χ3v) is 18.3. The molecule has 0 N–H and O–H groups in total. The van der Waals surface area contributed by atoms with E-state index >= 15 is 0 Å². The lowest BCUT2D eigenvalue weighted by atomic mass is 9.33. The Kier molecular flexibility index (Phi) is 8.65. The molecule has 0 aliphatic carbocycles. The summed E-state index contributed by atoms with van der Waals surface area (Å²) in [7, 11) is -2.10. The van der Waals surface area contributed by atoms with Gasteiger partial charge in [-0.1, -0.05) is 155 Å². The second-order valence-electron chi connectivity index (χ2n) is 21.9. The average Bonchev–Trinajstić information content (AvgIpc) is 3.58. The number of rotatable bonds is 5. The van der Waals surface area contributed by atoms with E-state index in [0.29, 0.717) is 11.8 Å². The first-order valence-corrected chi connectivity index (χ1v) is 26.3. The second kappa shape index (κ2) is 13.6. The van der Waals surface area contributed by atoms with Crippen LogP contribution in [0.15, 0.2) is 133 Å². The molecular weight excluding hydrogens is 778 g/mol. The summed E-state index contributed by atoms with van der Waals surface area (Å²) in [6, 6.07) is 52.7. The van der Waals surface area contributed by atoms with Crippen molar-refractivity contribution in [1.82, 2.24) is 4.57 Å². The van der Waals surface area contributed by atoms with Crippen LogP contribution in [0.25, 0.3) is 27.5 Å². The summed E-state index contributed by atoms with van der Waals surface area (Å²) in [5.74, 6) is 0.901. The van der Waals surface area contributed by atoms with Gasteiger partial charge < -0.3 is 14.4 Å². The molecule has 7 aromatic carbocycles. The van der Waals surface area contributed by atoms with E-state index in [4.69, 9.17) is 0 Å². The molecule has 3 nitrogen and oxygen atoms in total. The molecule has 0 radical (unpaired) electrons. The lowest BCUT2D eigenvalue weighted by Crippen LogP contribution is -2.67. The Balaban J connectivity index is 1.31. The van der Waals surface area contributed by atoms with E-state index in [9.17, 15) is 0 Å². The van der Waals surface area contributed by atoms with Gasteiger partial charge >= 0.3 is 0 Å². The zero-order valence-electron chi connectivity index (χ0n) is 39.3. The molecule has 0 atom stereocenters. The third-order valence-electron chi connectivity index (χ3n) is 14.8. The molecule has 8 aromatic rings. The van der Waals surface area contributed by atoms with Crippen LogP contribution in [0.2, 0.25) is 13.1 Å². The van der Waals surface area contributed by atoms with E-state index < -0.39 is 8.07 Å². The van der Waals surface area contributed by atoms with Crippen LogP contribution in [0.1, 0.15) is 103 Å². The zero-order chi connectivity index (χ0) is 44.1. The van der Waals surface area contributed by atoms with E-state index in [1.807, 2.05) is 0 Å². The lowest BCUT2D eigenvalue weighted by Gasteiger charge is -2.48. The van der Waals surface area contributed by atoms with Crippen molar-refractivity contribution in [3.8, 4) is 5.69 Å². The van der Waals surface area contributed by atoms with Gasteiger partial charge in [0.2, 0.25) is 0 Å². The molecule has 0 saturated carbocycles. The molecule has 1 aromatic heterocycles. The Hall–Kier alpha value is -5.78. The number of fused-ring (bicyclic) bond motifs is 9. The summed E-state index contributed by atoms with van der Waals surface area (Å²) in [6.45, 7) is 28.5. The molecule has 5 heteroatoms. The fourth-order valence-electron chi connectivity index (χ4n) is 11.2. The smallest absolute Gasteiger partial charge is 0.252 e. The molecule has 11 rings (SSSR count). The Bertz CT molecular complexity index is 3120. The van der Waals surface area contributed by atoms with Crippen LogP contribution in [-0.4, -0.2) is 19.4 Å². The monoisotopic (exact) mass is 837 g/mol. The average molecular weight is 838 g/mol. The van der Waals surface area contributed by atoms with Gasteiger partial charge in [0.25, 0.3) is 6.71 Å². The summed E-state index contributed by atoms with van der Waals surface area (Å²) in [4.78, 5) is 5.19. The third kappa shape index (κ3) is 5.84. The highest BCUT2D eigenvalue weighted by Crippen LogP contribution is 2.48. The van der Waals surface area contributed by atoms with Crippen LogP contribution in [-0.2, 0) is 10.8 Å². The van der Waals surface area contributed by atoms with Crippen LogP contribution in [0.4, 0.5) is 34.1 Å². The van der Waals surface area contributed by atoms with Crippen molar-refractivity contribution >= 4 is 97.5 Å². The maximum absolute atomic E-state index is 2.68. The van der Waals surface area contributed by atoms with E-state index in [-0.39, 0.29) is 17.5 Å². The van der Waals surface area contributed by atoms with Gasteiger partial charge in [-0.05, 0) is 132 Å². The summed E-state index contributed by atoms with van der Waals surface area (Å²) in [5, 5.41) is 5.70. The van der Waals surface area contributed by atoms with Gasteiger partial charge in [0.15, 0.2) is 0 Å². The molecule has 0 unspecified atom stereocenters. The summed E-state index contributed by atoms with van der Waals surface area (Å²) in [6.07, 6.45) is 0. The summed E-state index contributed by atoms with van der Waals surface area (Å²) >= 11 is 0. The first-order valence-electron chi connectivity index (χ1n) is 23.3. The van der Waals surface area contributed by atoms with Gasteiger partial charge in [0.1, 0.15) is 8.07 Å². The quantitative estimate of drug-likeness (QED) is 0.160. The van der Waals surface area contributed by atoms with Gasteiger partial charge in [-0.3, -0.25) is 0 Å². The van der Waals surface area contributed by atoms with Crippen molar-refractivity contribution < 1.29 is 0 Å². The predicted molar refractivity (Wildman–Crippen MR) is 277 cm³/mol. The van der Waals surface area contributed by atoms with Crippen molar-refractivity contribution in [3.05, 3.63) is 156 Å². The zero-order valence-corrected chi connectivity index (χ0v) is 40.3. The van der Waals surface area contributed by atoms with Crippen LogP contribution in [0.5, 0.6) is 0 Å². The highest BCUT2D eigenvalue weighted by Gasteiger charge is 2.48. The molecule has 0 spiro atoms. The normalized spacial score (nSPS) is 14.7. The summed E-state index contributed by atoms with van der Waals surface area (Å²) in [5.41, 5.74) is 21.0. The van der Waals surface area contributed by atoms with Crippen LogP contribution < -0.4 is 36.6 Å². The van der Waals surface area contributed by atoms with Crippen molar-refractivity contribution in [2.45, 2.75) is 105 Å². The molecule has 314 valence electrons. The van der Waals surface area contributed by atoms with E-state index in [1.54, 1.807) is 0 Å². The van der Waals surface area contributed by atoms with Crippen molar-refractivity contribution in [3.63, 3.8) is 0 Å². The second-order valence-corrected chi connectivity index (χ2v) is 26.2. The standard InChI is InChI=1S/C58H60BN3Si/c1-35(2)37-20-25-41(26-21-37)60(42-27-22-38(23-28-42)36(3)4)43-33-50-54-51(34-43)62-49-17-13-14-18-52(49)63(11,12)53-19-15-16-46(56(53)62)59(54)47-32-40(58(8,9)10)31-45-44-30-39(57(5,6)7)24-29-48(44)61(50)55(45)47/h13-36H,1-12H3. The Labute approximate surface area is 376 Å². The van der Waals surface area contributed by atoms with Gasteiger partial charge in [-0.2, -0.15) is 0 Å². The Morgan fingerprint density at radius 2 is 1.11 bits per heavy atom. The Morgan fingerprint density at radius 1 is 0.524 bits per heavy atom. The van der Waals surface area contributed by atoms with E-state index in [0.717, 1.165) is 17.1 Å². The molecule has 4 heterocycles. The van der Waals surface area contributed by atoms with Crippen LogP contribution in [0, 0.1) is 0 Å². The van der Waals surface area contributed by atoms with Gasteiger partial charge in [0, 0.05) is 50.4 Å². The number of hydrogen-bond acceptors (Lipinski definition) is 2. The Morgan fingerprint density at radius 3 is 1.73 bits per heavy atom. The molecular formula is C58H60BN3Si. The molecule has 0 bridgehead atoms. The van der Waals surface area contributed by atoms with Gasteiger partial charge in [-0.15, -0.1) is 0 Å². The number of nitrogens with zero attached hydrogens (tertiary/aromatic N) is 3. The predicted octanol–water partition coefficient (Wildman–Crippen LogP) is 12.8. The highest BCUT2D eigenvalue weighted by atomic mass is 28.3. The molecule has 0 saturated heterocycles. The molecule has 63 heavy (non-hydrogen) atoms. The number of benzene rings is 7. The van der Waals surface area contributed by atoms with Crippen molar-refractivity contribution in [2.24, 2.45) is 0 Å². The minimum Gasteiger partial charge on any atom is -0.312 e. The number of hydrogen-bond donors (Lipinski definition) is 0. The van der Waals surface area contributed by atoms with Crippen molar-refractivity contribution in [2.75, 3.05) is 9.80 Å². The van der Waals surface area contributed by atoms with Gasteiger partial charge in [0.05, 0.1) is 11.2 Å². The van der Waals surface area contributed by atoms with Crippen LogP contribution in [0.3, 0.4) is 0 Å². The topological polar surface area (TPSA) is 11.4 Å². The minimum absolute atomic E-state index is 0.0167. The number of aromatic nitrogens is 1. The van der Waals surface area contributed by atoms with E-state index in [2.05, 4.69) is 230 Å². The fraction of sp³-hybridized carbons (Fsp3) is 0.276. The molecule has 3 aliphatic heterocycles. The number of para-hydroxylation sites is 2. The highest BCUT2D eigenvalue weighted by molar-refractivity contribution is 7.05. The minimum atomic E-state index is -2.10. The largest absolute Gasteiger partial charge is 0.312 e. The SMILES string of the molecule is CC(C)c1ccc(N(c2ccc(C(C)C)cc2)c2cc3c4c(c2)-n2c5ccc(C(C)(C)C)cc5c5cc(C(C)(C)C)cc(c52)B4c2cccc4c2N3c2ccccc2[Si]4(C)C)cc1. The molecule has 3 aliphatic rings. The lowest BCUT2D eigenvalue weighted by molar-refractivity contribution is 0.590. The first kappa shape index (κ1) is 40.0. The van der Waals surface area contributed by atoms with Gasteiger partial charge in [-0.25, -0.2) is 0 Å². The first-order chi connectivity index (χ1) is 29.9. The van der Waals surface area contributed by atoms with Crippen molar-refractivity contribution in [1.29, 1.82) is 0 Å². The molecule has 0 fully saturated rings. The fourth-order valence-corrected chi connectivity index (χ4v) is 14.2. The summed E-state index contributed by atoms with van der Waals surface area (Å²) < 4.78 is 2.66. The van der Waals surface area contributed by atoms with Crippen LogP contribution >= 0.6 is 0 Å². The maximum Gasteiger partial charge on any atom is 0.252 e. The molecule has 0 amide bonds. The number of anilines is 6. The maximum atomic E-state index is 2.68.